The molecular weight excluding hydrogens is 224 g/mol. The SMILES string of the molecule is O=COCc1c2c(cc3ccccc13)CCC=C2. The van der Waals surface area contributed by atoms with Crippen LogP contribution in [0.4, 0.5) is 0 Å². The first-order chi connectivity index (χ1) is 8.90. The first-order valence-corrected chi connectivity index (χ1v) is 6.15. The summed E-state index contributed by atoms with van der Waals surface area (Å²) in [5.41, 5.74) is 3.69. The van der Waals surface area contributed by atoms with Gasteiger partial charge in [0, 0.05) is 5.56 Å². The quantitative estimate of drug-likeness (QED) is 0.765. The van der Waals surface area contributed by atoms with E-state index in [1.165, 1.54) is 21.9 Å². The fourth-order valence-electron chi connectivity index (χ4n) is 2.63. The average Bonchev–Trinajstić information content (AvgIpc) is 2.43. The van der Waals surface area contributed by atoms with E-state index in [1.54, 1.807) is 0 Å². The highest BCUT2D eigenvalue weighted by atomic mass is 16.5. The van der Waals surface area contributed by atoms with E-state index in [4.69, 9.17) is 4.74 Å². The molecule has 18 heavy (non-hydrogen) atoms. The number of carbonyl (C=O) groups excluding carboxylic acids is 1. The van der Waals surface area contributed by atoms with Crippen molar-refractivity contribution >= 4 is 23.3 Å². The van der Waals surface area contributed by atoms with Gasteiger partial charge in [0.2, 0.25) is 0 Å². The Labute approximate surface area is 106 Å². The molecule has 0 spiro atoms. The lowest BCUT2D eigenvalue weighted by Gasteiger charge is -2.17. The zero-order valence-electron chi connectivity index (χ0n) is 10.1. The van der Waals surface area contributed by atoms with Crippen molar-refractivity contribution < 1.29 is 9.53 Å². The summed E-state index contributed by atoms with van der Waals surface area (Å²) < 4.78 is 4.98. The van der Waals surface area contributed by atoms with Gasteiger partial charge >= 0.3 is 0 Å². The second-order valence-electron chi connectivity index (χ2n) is 4.50. The van der Waals surface area contributed by atoms with E-state index < -0.39 is 0 Å². The van der Waals surface area contributed by atoms with Gasteiger partial charge < -0.3 is 4.74 Å². The molecule has 2 nitrogen and oxygen atoms in total. The van der Waals surface area contributed by atoms with Gasteiger partial charge in [-0.3, -0.25) is 4.79 Å². The Balaban J connectivity index is 2.26. The zero-order chi connectivity index (χ0) is 12.4. The smallest absolute Gasteiger partial charge is 0.293 e. The predicted octanol–water partition coefficient (Wildman–Crippen LogP) is 3.47. The summed E-state index contributed by atoms with van der Waals surface area (Å²) in [6, 6.07) is 10.5. The molecule has 0 heterocycles. The van der Waals surface area contributed by atoms with Crippen LogP contribution >= 0.6 is 0 Å². The van der Waals surface area contributed by atoms with Crippen LogP contribution < -0.4 is 0 Å². The lowest BCUT2D eigenvalue weighted by molar-refractivity contribution is -0.129. The van der Waals surface area contributed by atoms with Crippen molar-refractivity contribution in [3.63, 3.8) is 0 Å². The van der Waals surface area contributed by atoms with Crippen LogP contribution in [0.1, 0.15) is 23.1 Å². The van der Waals surface area contributed by atoms with Crippen molar-refractivity contribution in [3.05, 3.63) is 53.1 Å². The molecule has 0 amide bonds. The lowest BCUT2D eigenvalue weighted by Crippen LogP contribution is -2.02. The minimum atomic E-state index is 0.345. The fourth-order valence-corrected chi connectivity index (χ4v) is 2.63. The van der Waals surface area contributed by atoms with E-state index in [1.807, 2.05) is 12.1 Å². The Hall–Kier alpha value is -2.09. The molecule has 0 fully saturated rings. The molecule has 1 aliphatic carbocycles. The van der Waals surface area contributed by atoms with E-state index in [9.17, 15) is 4.79 Å². The maximum atomic E-state index is 10.4. The number of hydrogen-bond donors (Lipinski definition) is 0. The number of aryl methyl sites for hydroxylation is 1. The third kappa shape index (κ3) is 1.80. The van der Waals surface area contributed by atoms with Gasteiger partial charge in [0.05, 0.1) is 0 Å². The second-order valence-corrected chi connectivity index (χ2v) is 4.50. The highest BCUT2D eigenvalue weighted by Gasteiger charge is 2.13. The van der Waals surface area contributed by atoms with Crippen LogP contribution in [0.25, 0.3) is 16.8 Å². The molecule has 0 aromatic heterocycles. The van der Waals surface area contributed by atoms with E-state index in [0.29, 0.717) is 13.1 Å². The molecule has 0 atom stereocenters. The Morgan fingerprint density at radius 1 is 1.28 bits per heavy atom. The van der Waals surface area contributed by atoms with Crippen molar-refractivity contribution in [2.24, 2.45) is 0 Å². The van der Waals surface area contributed by atoms with Crippen molar-refractivity contribution in [2.75, 3.05) is 0 Å². The number of hydrogen-bond acceptors (Lipinski definition) is 2. The number of fused-ring (bicyclic) bond motifs is 2. The number of carbonyl (C=O) groups is 1. The van der Waals surface area contributed by atoms with E-state index in [0.717, 1.165) is 18.4 Å². The molecule has 2 aromatic rings. The second kappa shape index (κ2) is 4.65. The maximum absolute atomic E-state index is 10.4. The van der Waals surface area contributed by atoms with Crippen LogP contribution in [-0.2, 0) is 22.6 Å². The number of benzene rings is 2. The molecule has 1 aliphatic rings. The van der Waals surface area contributed by atoms with Crippen LogP contribution in [0.3, 0.4) is 0 Å². The summed E-state index contributed by atoms with van der Waals surface area (Å²) in [4.78, 5) is 10.4. The number of ether oxygens (including phenoxy) is 1. The van der Waals surface area contributed by atoms with Gasteiger partial charge in [-0.15, -0.1) is 0 Å². The van der Waals surface area contributed by atoms with Crippen LogP contribution in [-0.4, -0.2) is 6.47 Å². The van der Waals surface area contributed by atoms with Crippen molar-refractivity contribution in [2.45, 2.75) is 19.4 Å². The van der Waals surface area contributed by atoms with Gasteiger partial charge in [0.15, 0.2) is 0 Å². The Morgan fingerprint density at radius 2 is 2.17 bits per heavy atom. The van der Waals surface area contributed by atoms with Gasteiger partial charge in [-0.05, 0) is 34.7 Å². The normalized spacial score (nSPS) is 13.3. The summed E-state index contributed by atoms with van der Waals surface area (Å²) in [6.07, 6.45) is 6.47. The van der Waals surface area contributed by atoms with Crippen molar-refractivity contribution in [3.8, 4) is 0 Å². The van der Waals surface area contributed by atoms with Gasteiger partial charge in [-0.1, -0.05) is 42.5 Å². The van der Waals surface area contributed by atoms with Crippen LogP contribution in [0.2, 0.25) is 0 Å². The van der Waals surface area contributed by atoms with Gasteiger partial charge in [0.25, 0.3) is 6.47 Å². The molecule has 0 bridgehead atoms. The summed E-state index contributed by atoms with van der Waals surface area (Å²) in [5.74, 6) is 0. The number of rotatable bonds is 3. The largest absolute Gasteiger partial charge is 0.463 e. The molecule has 0 unspecified atom stereocenters. The average molecular weight is 238 g/mol. The topological polar surface area (TPSA) is 26.3 Å². The number of allylic oxidation sites excluding steroid dienone is 1. The molecule has 90 valence electrons. The third-order valence-electron chi connectivity index (χ3n) is 3.45. The van der Waals surface area contributed by atoms with Crippen LogP contribution in [0, 0.1) is 0 Å². The van der Waals surface area contributed by atoms with Crippen molar-refractivity contribution in [1.82, 2.24) is 0 Å². The third-order valence-corrected chi connectivity index (χ3v) is 3.45. The van der Waals surface area contributed by atoms with Gasteiger partial charge in [0.1, 0.15) is 6.61 Å². The molecule has 0 radical (unpaired) electrons. The summed E-state index contributed by atoms with van der Waals surface area (Å²) >= 11 is 0. The molecule has 0 saturated heterocycles. The summed E-state index contributed by atoms with van der Waals surface area (Å²) in [7, 11) is 0. The van der Waals surface area contributed by atoms with E-state index in [2.05, 4.69) is 30.4 Å². The van der Waals surface area contributed by atoms with E-state index >= 15 is 0 Å². The van der Waals surface area contributed by atoms with Crippen LogP contribution in [0.5, 0.6) is 0 Å². The Kier molecular flexibility index (Phi) is 2.85. The zero-order valence-corrected chi connectivity index (χ0v) is 10.1. The Morgan fingerprint density at radius 3 is 3.06 bits per heavy atom. The monoisotopic (exact) mass is 238 g/mol. The molecule has 2 aromatic carbocycles. The molecule has 0 N–H and O–H groups in total. The molecule has 0 saturated carbocycles. The van der Waals surface area contributed by atoms with Gasteiger partial charge in [-0.2, -0.15) is 0 Å². The first-order valence-electron chi connectivity index (χ1n) is 6.15. The van der Waals surface area contributed by atoms with E-state index in [-0.39, 0.29) is 0 Å². The standard InChI is InChI=1S/C16H14O2/c17-11-18-10-16-14-7-3-1-5-12(14)9-13-6-2-4-8-15(13)16/h1,3-5,7-9,11H,2,6,10H2. The minimum Gasteiger partial charge on any atom is -0.463 e. The van der Waals surface area contributed by atoms with Crippen LogP contribution in [0.15, 0.2) is 36.4 Å². The molecule has 3 rings (SSSR count). The van der Waals surface area contributed by atoms with Gasteiger partial charge in [-0.25, -0.2) is 0 Å². The highest BCUT2D eigenvalue weighted by Crippen LogP contribution is 2.30. The summed E-state index contributed by atoms with van der Waals surface area (Å²) in [6.45, 7) is 0.859. The highest BCUT2D eigenvalue weighted by molar-refractivity contribution is 5.90. The lowest BCUT2D eigenvalue weighted by atomic mass is 9.89. The van der Waals surface area contributed by atoms with Crippen molar-refractivity contribution in [1.29, 1.82) is 0 Å². The first kappa shape index (κ1) is 11.0. The Bertz CT molecular complexity index is 626. The molecule has 0 aliphatic heterocycles. The minimum absolute atomic E-state index is 0.345. The molecule has 2 heteroatoms. The summed E-state index contributed by atoms with van der Waals surface area (Å²) in [5, 5.41) is 2.39. The molecular formula is C16H14O2. The maximum Gasteiger partial charge on any atom is 0.293 e. The predicted molar refractivity (Wildman–Crippen MR) is 72.2 cm³/mol. The fraction of sp³-hybridized carbons (Fsp3) is 0.188.